The lowest BCUT2D eigenvalue weighted by molar-refractivity contribution is 0.0620. The first-order valence-corrected chi connectivity index (χ1v) is 11.3. The van der Waals surface area contributed by atoms with E-state index in [1.54, 1.807) is 6.20 Å². The van der Waals surface area contributed by atoms with Crippen LogP contribution in [0, 0.1) is 6.92 Å². The summed E-state index contributed by atoms with van der Waals surface area (Å²) < 4.78 is 5.90. The highest BCUT2D eigenvalue weighted by Crippen LogP contribution is 2.21. The number of amides is 1. The predicted octanol–water partition coefficient (Wildman–Crippen LogP) is 3.77. The van der Waals surface area contributed by atoms with Crippen LogP contribution in [0.2, 0.25) is 0 Å². The van der Waals surface area contributed by atoms with Crippen LogP contribution in [0.3, 0.4) is 0 Å². The van der Waals surface area contributed by atoms with E-state index < -0.39 is 0 Å². The number of carbonyl (C=O) groups is 1. The van der Waals surface area contributed by atoms with E-state index in [9.17, 15) is 4.79 Å². The average Bonchev–Trinajstić information content (AvgIpc) is 3.28. The lowest BCUT2D eigenvalue weighted by atomic mass is 10.2. The standard InChI is InChI=1S/C26H27N5O2/c1-19-7-9-22-24(17-19)29-25(28-22)23-10-8-21(18-27-23)33-16-15-30-11-13-31(14-12-30)26(32)20-5-3-2-4-6-20/h2-10,17-18H,11-16H2,1H3,(H,28,29). The Morgan fingerprint density at radius 3 is 2.61 bits per heavy atom. The minimum Gasteiger partial charge on any atom is -0.491 e. The first-order chi connectivity index (χ1) is 16.2. The van der Waals surface area contributed by atoms with Crippen LogP contribution < -0.4 is 4.74 Å². The van der Waals surface area contributed by atoms with E-state index in [0.717, 1.165) is 66.6 Å². The minimum atomic E-state index is 0.109. The number of hydrogen-bond acceptors (Lipinski definition) is 5. The van der Waals surface area contributed by atoms with Gasteiger partial charge in [-0.2, -0.15) is 0 Å². The smallest absolute Gasteiger partial charge is 0.253 e. The van der Waals surface area contributed by atoms with Crippen molar-refractivity contribution >= 4 is 16.9 Å². The zero-order valence-corrected chi connectivity index (χ0v) is 18.7. The molecule has 1 aliphatic rings. The van der Waals surface area contributed by atoms with Crippen LogP contribution in [0.1, 0.15) is 15.9 Å². The van der Waals surface area contributed by atoms with Gasteiger partial charge in [0.15, 0.2) is 5.82 Å². The van der Waals surface area contributed by atoms with Gasteiger partial charge in [-0.05, 0) is 48.9 Å². The average molecular weight is 442 g/mol. The maximum absolute atomic E-state index is 12.6. The molecule has 7 heteroatoms. The highest BCUT2D eigenvalue weighted by Gasteiger charge is 2.21. The van der Waals surface area contributed by atoms with Gasteiger partial charge < -0.3 is 14.6 Å². The number of aromatic amines is 1. The minimum absolute atomic E-state index is 0.109. The Balaban J connectivity index is 1.09. The van der Waals surface area contributed by atoms with Crippen molar-refractivity contribution in [1.82, 2.24) is 24.8 Å². The Hall–Kier alpha value is -3.71. The Morgan fingerprint density at radius 2 is 1.85 bits per heavy atom. The SMILES string of the molecule is Cc1ccc2[nH]c(-c3ccc(OCCN4CCN(C(=O)c5ccccc5)CC4)cn3)nc2c1. The summed E-state index contributed by atoms with van der Waals surface area (Å²) in [7, 11) is 0. The summed E-state index contributed by atoms with van der Waals surface area (Å²) in [5.41, 5.74) is 4.67. The molecule has 0 unspecified atom stereocenters. The molecular formula is C26H27N5O2. The highest BCUT2D eigenvalue weighted by atomic mass is 16.5. The number of aromatic nitrogens is 3. The first kappa shape index (κ1) is 21.2. The summed E-state index contributed by atoms with van der Waals surface area (Å²) in [6.07, 6.45) is 1.74. The van der Waals surface area contributed by atoms with Crippen LogP contribution in [0.5, 0.6) is 5.75 Å². The van der Waals surface area contributed by atoms with Crippen molar-refractivity contribution < 1.29 is 9.53 Å². The number of aryl methyl sites for hydroxylation is 1. The number of benzene rings is 2. The lowest BCUT2D eigenvalue weighted by Gasteiger charge is -2.34. The molecule has 0 aliphatic carbocycles. The Labute approximate surface area is 193 Å². The summed E-state index contributed by atoms with van der Waals surface area (Å²) in [5.74, 6) is 1.60. The Kier molecular flexibility index (Phi) is 6.04. The summed E-state index contributed by atoms with van der Waals surface area (Å²) in [5, 5.41) is 0. The lowest BCUT2D eigenvalue weighted by Crippen LogP contribution is -2.49. The number of carbonyl (C=O) groups excluding carboxylic acids is 1. The normalized spacial score (nSPS) is 14.5. The van der Waals surface area contributed by atoms with Crippen LogP contribution in [-0.2, 0) is 0 Å². The fraction of sp³-hybridized carbons (Fsp3) is 0.269. The number of H-pyrrole nitrogens is 1. The molecule has 0 bridgehead atoms. The second-order valence-electron chi connectivity index (χ2n) is 8.33. The fourth-order valence-electron chi connectivity index (χ4n) is 4.07. The van der Waals surface area contributed by atoms with Crippen molar-refractivity contribution in [1.29, 1.82) is 0 Å². The summed E-state index contributed by atoms with van der Waals surface area (Å²) in [6.45, 7) is 6.63. The van der Waals surface area contributed by atoms with Crippen molar-refractivity contribution in [2.75, 3.05) is 39.3 Å². The number of rotatable bonds is 6. The van der Waals surface area contributed by atoms with Crippen molar-refractivity contribution in [2.45, 2.75) is 6.92 Å². The molecule has 0 radical (unpaired) electrons. The Morgan fingerprint density at radius 1 is 1.03 bits per heavy atom. The first-order valence-electron chi connectivity index (χ1n) is 11.3. The largest absolute Gasteiger partial charge is 0.491 e. The van der Waals surface area contributed by atoms with Gasteiger partial charge in [0, 0.05) is 38.3 Å². The van der Waals surface area contributed by atoms with Crippen molar-refractivity contribution in [3.8, 4) is 17.3 Å². The van der Waals surface area contributed by atoms with Gasteiger partial charge in [-0.1, -0.05) is 24.3 Å². The molecule has 1 amide bonds. The molecule has 168 valence electrons. The number of pyridine rings is 1. The van der Waals surface area contributed by atoms with Gasteiger partial charge in [0.1, 0.15) is 18.1 Å². The van der Waals surface area contributed by atoms with Crippen LogP contribution in [0.15, 0.2) is 66.9 Å². The molecule has 33 heavy (non-hydrogen) atoms. The number of fused-ring (bicyclic) bond motifs is 1. The van der Waals surface area contributed by atoms with Gasteiger partial charge >= 0.3 is 0 Å². The van der Waals surface area contributed by atoms with Gasteiger partial charge in [0.05, 0.1) is 17.2 Å². The maximum atomic E-state index is 12.6. The van der Waals surface area contributed by atoms with Crippen LogP contribution in [-0.4, -0.2) is 70.0 Å². The van der Waals surface area contributed by atoms with E-state index in [1.165, 1.54) is 5.56 Å². The molecule has 1 saturated heterocycles. The molecule has 0 atom stereocenters. The third-order valence-electron chi connectivity index (χ3n) is 5.97. The molecule has 2 aromatic carbocycles. The molecule has 4 aromatic rings. The summed E-state index contributed by atoms with van der Waals surface area (Å²) in [6, 6.07) is 19.5. The van der Waals surface area contributed by atoms with Gasteiger partial charge in [-0.15, -0.1) is 0 Å². The van der Waals surface area contributed by atoms with Gasteiger partial charge in [-0.3, -0.25) is 9.69 Å². The van der Waals surface area contributed by atoms with Crippen molar-refractivity contribution in [3.63, 3.8) is 0 Å². The molecule has 3 heterocycles. The zero-order valence-electron chi connectivity index (χ0n) is 18.7. The number of hydrogen-bond donors (Lipinski definition) is 1. The highest BCUT2D eigenvalue weighted by molar-refractivity contribution is 5.94. The topological polar surface area (TPSA) is 74.3 Å². The van der Waals surface area contributed by atoms with E-state index in [2.05, 4.69) is 38.9 Å². The van der Waals surface area contributed by atoms with E-state index in [1.807, 2.05) is 53.4 Å². The number of ether oxygens (including phenoxy) is 1. The molecule has 2 aromatic heterocycles. The van der Waals surface area contributed by atoms with E-state index >= 15 is 0 Å². The third-order valence-corrected chi connectivity index (χ3v) is 5.97. The fourth-order valence-corrected chi connectivity index (χ4v) is 4.07. The number of nitrogens with zero attached hydrogens (tertiary/aromatic N) is 4. The van der Waals surface area contributed by atoms with Gasteiger partial charge in [0.25, 0.3) is 5.91 Å². The second-order valence-corrected chi connectivity index (χ2v) is 8.33. The summed E-state index contributed by atoms with van der Waals surface area (Å²) >= 11 is 0. The molecule has 0 saturated carbocycles. The van der Waals surface area contributed by atoms with Crippen molar-refractivity contribution in [2.24, 2.45) is 0 Å². The molecular weight excluding hydrogens is 414 g/mol. The quantitative estimate of drug-likeness (QED) is 0.493. The van der Waals surface area contributed by atoms with Gasteiger partial charge in [-0.25, -0.2) is 9.97 Å². The zero-order chi connectivity index (χ0) is 22.6. The Bertz CT molecular complexity index is 1230. The monoisotopic (exact) mass is 441 g/mol. The van der Waals surface area contributed by atoms with E-state index in [-0.39, 0.29) is 5.91 Å². The molecule has 0 spiro atoms. The van der Waals surface area contributed by atoms with Gasteiger partial charge in [0.2, 0.25) is 0 Å². The van der Waals surface area contributed by atoms with E-state index in [4.69, 9.17) is 4.74 Å². The predicted molar refractivity (Wildman–Crippen MR) is 128 cm³/mol. The number of nitrogens with one attached hydrogen (secondary N) is 1. The van der Waals surface area contributed by atoms with E-state index in [0.29, 0.717) is 6.61 Å². The van der Waals surface area contributed by atoms with Crippen LogP contribution in [0.4, 0.5) is 0 Å². The molecule has 7 nitrogen and oxygen atoms in total. The number of piperazine rings is 1. The molecule has 1 N–H and O–H groups in total. The molecule has 5 rings (SSSR count). The maximum Gasteiger partial charge on any atom is 0.253 e. The summed E-state index contributed by atoms with van der Waals surface area (Å²) in [4.78, 5) is 29.3. The molecule has 1 fully saturated rings. The molecule has 1 aliphatic heterocycles. The van der Waals surface area contributed by atoms with Crippen molar-refractivity contribution in [3.05, 3.63) is 78.0 Å². The number of imidazole rings is 1. The second kappa shape index (κ2) is 9.42. The van der Waals surface area contributed by atoms with Crippen LogP contribution in [0.25, 0.3) is 22.6 Å². The van der Waals surface area contributed by atoms with Crippen LogP contribution >= 0.6 is 0 Å². The third kappa shape index (κ3) is 4.88.